The van der Waals surface area contributed by atoms with Crippen molar-refractivity contribution in [3.8, 4) is 11.1 Å². The first-order chi connectivity index (χ1) is 21.2. The van der Waals surface area contributed by atoms with Gasteiger partial charge in [-0.15, -0.1) is 0 Å². The van der Waals surface area contributed by atoms with Gasteiger partial charge in [-0.05, 0) is 92.2 Å². The van der Waals surface area contributed by atoms with Gasteiger partial charge in [0.25, 0.3) is 11.8 Å². The first-order valence-electron chi connectivity index (χ1n) is 15.1. The molecule has 1 aliphatic carbocycles. The average molecular weight is 599 g/mol. The summed E-state index contributed by atoms with van der Waals surface area (Å²) in [5.41, 5.74) is 3.63. The predicted molar refractivity (Wildman–Crippen MR) is 162 cm³/mol. The molecule has 0 radical (unpaired) electrons. The van der Waals surface area contributed by atoms with Crippen LogP contribution in [0.4, 0.5) is 13.2 Å². The summed E-state index contributed by atoms with van der Waals surface area (Å²) in [6, 6.07) is 14.1. The molecule has 0 saturated carbocycles. The highest BCUT2D eigenvalue weighted by molar-refractivity contribution is 5.98. The molecule has 3 aromatic rings. The number of allylic oxidation sites excluding steroid dienone is 3. The quantitative estimate of drug-likeness (QED) is 0.366. The Kier molecular flexibility index (Phi) is 7.08. The number of piperidine rings is 3. The van der Waals surface area contributed by atoms with Crippen LogP contribution in [0.1, 0.15) is 56.9 Å². The van der Waals surface area contributed by atoms with E-state index in [0.29, 0.717) is 34.7 Å². The monoisotopic (exact) mass is 598 g/mol. The number of benzene rings is 2. The lowest BCUT2D eigenvalue weighted by Crippen LogP contribution is -2.57. The fourth-order valence-electron chi connectivity index (χ4n) is 7.07. The molecule has 1 N–H and O–H groups in total. The second-order valence-corrected chi connectivity index (χ2v) is 12.1. The van der Waals surface area contributed by atoms with Crippen LogP contribution in [-0.4, -0.2) is 51.9 Å². The fraction of sp³-hybridized carbons (Fsp3) is 0.314. The van der Waals surface area contributed by atoms with E-state index in [1.165, 1.54) is 12.1 Å². The molecule has 4 aliphatic heterocycles. The zero-order valence-corrected chi connectivity index (χ0v) is 24.4. The van der Waals surface area contributed by atoms with Crippen LogP contribution < -0.4 is 5.32 Å². The van der Waals surface area contributed by atoms with Crippen molar-refractivity contribution in [3.05, 3.63) is 112 Å². The fourth-order valence-corrected chi connectivity index (χ4v) is 7.07. The number of hydrogen-bond acceptors (Lipinski definition) is 3. The molecule has 0 unspecified atom stereocenters. The lowest BCUT2D eigenvalue weighted by molar-refractivity contribution is -0.137. The third-order valence-corrected chi connectivity index (χ3v) is 9.37. The van der Waals surface area contributed by atoms with Gasteiger partial charge in [0.2, 0.25) is 0 Å². The van der Waals surface area contributed by atoms with Gasteiger partial charge in [-0.3, -0.25) is 9.59 Å². The number of carbonyl (C=O) groups excluding carboxylic acids is 2. The molecule has 8 rings (SSSR count). The number of fused-ring (bicyclic) bond motifs is 5. The van der Waals surface area contributed by atoms with Crippen LogP contribution in [0, 0.1) is 12.8 Å². The van der Waals surface area contributed by atoms with Crippen LogP contribution in [-0.2, 0) is 12.7 Å². The van der Waals surface area contributed by atoms with Crippen LogP contribution in [0.3, 0.4) is 0 Å². The SMILES string of the molecule is Cc1cc(C(=O)N2Cc3ccc(C(=O)N[C@H]4CN5CCC4CC5)n3C=C3C=CCC=C32)ccc1-c1ccccc1C(F)(F)F. The number of aryl methyl sites for hydroxylation is 1. The Hall–Kier alpha value is -4.37. The van der Waals surface area contributed by atoms with Gasteiger partial charge < -0.3 is 19.7 Å². The second-order valence-electron chi connectivity index (χ2n) is 12.1. The van der Waals surface area contributed by atoms with Gasteiger partial charge in [-0.2, -0.15) is 13.2 Å². The van der Waals surface area contributed by atoms with Crippen molar-refractivity contribution in [2.75, 3.05) is 19.6 Å². The number of alkyl halides is 3. The molecule has 226 valence electrons. The number of nitrogens with zero attached hydrogens (tertiary/aromatic N) is 3. The number of halogens is 3. The maximum Gasteiger partial charge on any atom is 0.417 e. The smallest absolute Gasteiger partial charge is 0.346 e. The minimum atomic E-state index is -4.49. The summed E-state index contributed by atoms with van der Waals surface area (Å²) < 4.78 is 43.1. The lowest BCUT2D eigenvalue weighted by Gasteiger charge is -2.44. The number of aromatic nitrogens is 1. The molecule has 5 aliphatic rings. The van der Waals surface area contributed by atoms with Gasteiger partial charge in [0.05, 0.1) is 12.1 Å². The van der Waals surface area contributed by atoms with Gasteiger partial charge >= 0.3 is 6.18 Å². The summed E-state index contributed by atoms with van der Waals surface area (Å²) in [7, 11) is 0. The van der Waals surface area contributed by atoms with Crippen molar-refractivity contribution in [1.29, 1.82) is 0 Å². The number of carbonyl (C=O) groups is 2. The number of hydrogen-bond donors (Lipinski definition) is 1. The van der Waals surface area contributed by atoms with Crippen molar-refractivity contribution in [3.63, 3.8) is 0 Å². The minimum absolute atomic E-state index is 0.0819. The van der Waals surface area contributed by atoms with Gasteiger partial charge in [0.15, 0.2) is 0 Å². The molecule has 0 spiro atoms. The molecule has 9 heteroatoms. The molecule has 6 nitrogen and oxygen atoms in total. The highest BCUT2D eigenvalue weighted by atomic mass is 19.4. The van der Waals surface area contributed by atoms with Gasteiger partial charge in [0.1, 0.15) is 5.69 Å². The Bertz CT molecular complexity index is 1740. The molecule has 3 fully saturated rings. The van der Waals surface area contributed by atoms with Crippen molar-refractivity contribution < 1.29 is 22.8 Å². The number of amides is 2. The summed E-state index contributed by atoms with van der Waals surface area (Å²) in [5.74, 6) is 0.119. The Morgan fingerprint density at radius 3 is 2.50 bits per heavy atom. The summed E-state index contributed by atoms with van der Waals surface area (Å²) in [4.78, 5) is 31.7. The third kappa shape index (κ3) is 5.09. The van der Waals surface area contributed by atoms with E-state index in [4.69, 9.17) is 0 Å². The third-order valence-electron chi connectivity index (χ3n) is 9.37. The van der Waals surface area contributed by atoms with Crippen molar-refractivity contribution in [2.45, 2.75) is 44.9 Å². The average Bonchev–Trinajstić information content (AvgIpc) is 3.34. The standard InChI is InChI=1S/C35H33F3N4O2/c1-22-18-24(10-12-27(22)28-7-3-4-8-29(28)35(36,37)38)34(44)42-20-26-11-13-32(41(26)19-25-6-2-5-9-31(25)42)33(43)39-30-21-40-16-14-23(30)15-17-40/h2-4,6-13,18-19,23,30H,5,14-17,20-21H2,1H3,(H,39,43)/t30-/m0/s1. The van der Waals surface area contributed by atoms with E-state index in [0.717, 1.165) is 55.5 Å². The molecule has 2 amide bonds. The Labute approximate surface area is 254 Å². The van der Waals surface area contributed by atoms with Crippen LogP contribution in [0.5, 0.6) is 0 Å². The second kappa shape index (κ2) is 11.0. The number of nitrogens with one attached hydrogen (secondary N) is 1. The van der Waals surface area contributed by atoms with E-state index in [9.17, 15) is 22.8 Å². The topological polar surface area (TPSA) is 57.6 Å². The van der Waals surface area contributed by atoms with Crippen molar-refractivity contribution in [1.82, 2.24) is 19.7 Å². The highest BCUT2D eigenvalue weighted by Crippen LogP contribution is 2.39. The molecule has 2 aromatic carbocycles. The van der Waals surface area contributed by atoms with E-state index < -0.39 is 11.7 Å². The van der Waals surface area contributed by atoms with Crippen molar-refractivity contribution in [2.24, 2.45) is 5.92 Å². The van der Waals surface area contributed by atoms with Crippen LogP contribution in [0.25, 0.3) is 17.3 Å². The van der Waals surface area contributed by atoms with E-state index in [2.05, 4.69) is 10.2 Å². The molecule has 44 heavy (non-hydrogen) atoms. The summed E-state index contributed by atoms with van der Waals surface area (Å²) in [6.45, 7) is 5.03. The van der Waals surface area contributed by atoms with Crippen molar-refractivity contribution >= 4 is 18.0 Å². The molecular formula is C35H33F3N4O2. The summed E-state index contributed by atoms with van der Waals surface area (Å²) in [6.07, 6.45) is 6.25. The molecule has 1 aromatic heterocycles. The normalized spacial score (nSPS) is 22.5. The predicted octanol–water partition coefficient (Wildman–Crippen LogP) is 6.65. The van der Waals surface area contributed by atoms with E-state index in [1.807, 2.05) is 41.1 Å². The van der Waals surface area contributed by atoms with Gasteiger partial charge in [0, 0.05) is 41.3 Å². The van der Waals surface area contributed by atoms with Gasteiger partial charge in [-0.1, -0.05) is 42.5 Å². The summed E-state index contributed by atoms with van der Waals surface area (Å²) >= 11 is 0. The van der Waals surface area contributed by atoms with E-state index >= 15 is 0 Å². The van der Waals surface area contributed by atoms with Crippen LogP contribution in [0.2, 0.25) is 0 Å². The van der Waals surface area contributed by atoms with Gasteiger partial charge in [-0.25, -0.2) is 0 Å². The lowest BCUT2D eigenvalue weighted by atomic mass is 9.84. The number of rotatable bonds is 4. The Balaban J connectivity index is 1.18. The molecule has 2 bridgehead atoms. The first-order valence-corrected chi connectivity index (χ1v) is 15.1. The molecule has 1 atom stereocenters. The molecule has 3 saturated heterocycles. The van der Waals surface area contributed by atoms with Crippen LogP contribution >= 0.6 is 0 Å². The summed E-state index contributed by atoms with van der Waals surface area (Å²) in [5, 5.41) is 3.28. The Morgan fingerprint density at radius 2 is 1.77 bits per heavy atom. The van der Waals surface area contributed by atoms with Crippen LogP contribution in [0.15, 0.2) is 84.1 Å². The Morgan fingerprint density at radius 1 is 0.977 bits per heavy atom. The van der Waals surface area contributed by atoms with E-state index in [1.54, 1.807) is 36.1 Å². The maximum absolute atomic E-state index is 14.1. The maximum atomic E-state index is 14.1. The first kappa shape index (κ1) is 28.4. The van der Waals surface area contributed by atoms with E-state index in [-0.39, 0.29) is 30.0 Å². The zero-order valence-electron chi connectivity index (χ0n) is 24.4. The largest absolute Gasteiger partial charge is 0.417 e. The molecular weight excluding hydrogens is 565 g/mol. The minimum Gasteiger partial charge on any atom is -0.346 e. The highest BCUT2D eigenvalue weighted by Gasteiger charge is 2.36. The zero-order chi connectivity index (χ0) is 30.6. The molecule has 5 heterocycles.